The normalized spacial score (nSPS) is 11.9. The molecule has 1 heterocycles. The molecule has 1 atom stereocenters. The Morgan fingerprint density at radius 2 is 1.96 bits per heavy atom. The van der Waals surface area contributed by atoms with E-state index in [1.54, 1.807) is 0 Å². The molecule has 3 rings (SSSR count). The summed E-state index contributed by atoms with van der Waals surface area (Å²) in [6.07, 6.45) is 1.23. The van der Waals surface area contributed by atoms with Crippen LogP contribution >= 0.6 is 0 Å². The molecule has 0 fully saturated rings. The first-order valence-corrected chi connectivity index (χ1v) is 7.16. The Morgan fingerprint density at radius 3 is 2.74 bits per heavy atom. The van der Waals surface area contributed by atoms with Crippen LogP contribution in [0.15, 0.2) is 65.7 Å². The molecule has 0 spiro atoms. The molecule has 0 aliphatic rings. The number of H-pyrrole nitrogens is 1. The third-order valence-corrected chi connectivity index (χ3v) is 3.41. The van der Waals surface area contributed by atoms with Crippen molar-refractivity contribution in [2.75, 3.05) is 0 Å². The fourth-order valence-corrected chi connectivity index (χ4v) is 2.20. The summed E-state index contributed by atoms with van der Waals surface area (Å²) < 4.78 is 5.77. The molecule has 0 amide bonds. The summed E-state index contributed by atoms with van der Waals surface area (Å²) >= 11 is 0. The van der Waals surface area contributed by atoms with Crippen LogP contribution in [-0.2, 0) is 6.61 Å². The smallest absolute Gasteiger partial charge is 0.274 e. The lowest BCUT2D eigenvalue weighted by Gasteiger charge is -2.12. The van der Waals surface area contributed by atoms with E-state index in [1.807, 2.05) is 54.6 Å². The van der Waals surface area contributed by atoms with Gasteiger partial charge < -0.3 is 15.5 Å². The van der Waals surface area contributed by atoms with Crippen molar-refractivity contribution in [3.63, 3.8) is 0 Å². The molecule has 3 N–H and O–H groups in total. The van der Waals surface area contributed by atoms with Crippen molar-refractivity contribution in [2.45, 2.75) is 12.6 Å². The van der Waals surface area contributed by atoms with Gasteiger partial charge in [-0.3, -0.25) is 4.79 Å². The second-order valence-electron chi connectivity index (χ2n) is 5.03. The van der Waals surface area contributed by atoms with E-state index in [9.17, 15) is 4.79 Å². The van der Waals surface area contributed by atoms with Crippen LogP contribution in [0.3, 0.4) is 0 Å². The fourth-order valence-electron chi connectivity index (χ4n) is 2.20. The molecular weight excluding hydrogens is 292 g/mol. The fraction of sp³-hybridized carbons (Fsp3) is 0.118. The Morgan fingerprint density at radius 1 is 1.13 bits per heavy atom. The van der Waals surface area contributed by atoms with E-state index < -0.39 is 6.04 Å². The zero-order chi connectivity index (χ0) is 16.1. The number of rotatable bonds is 5. The molecule has 0 radical (unpaired) electrons. The van der Waals surface area contributed by atoms with Crippen molar-refractivity contribution >= 4 is 0 Å². The number of benzene rings is 2. The molecular formula is C17H16N4O2. The van der Waals surface area contributed by atoms with E-state index in [0.717, 1.165) is 11.1 Å². The second-order valence-corrected chi connectivity index (χ2v) is 5.03. The van der Waals surface area contributed by atoms with Crippen molar-refractivity contribution in [1.82, 2.24) is 15.2 Å². The van der Waals surface area contributed by atoms with Gasteiger partial charge in [-0.05, 0) is 23.3 Å². The number of aromatic nitrogens is 3. The van der Waals surface area contributed by atoms with Crippen molar-refractivity contribution in [3.8, 4) is 5.75 Å². The van der Waals surface area contributed by atoms with Gasteiger partial charge in [0, 0.05) is 0 Å². The first kappa shape index (κ1) is 14.9. The summed E-state index contributed by atoms with van der Waals surface area (Å²) in [5.41, 5.74) is 7.76. The minimum absolute atomic E-state index is 0.174. The average molecular weight is 308 g/mol. The number of ether oxygens (including phenoxy) is 1. The van der Waals surface area contributed by atoms with Gasteiger partial charge in [-0.15, -0.1) is 10.2 Å². The Labute approximate surface area is 133 Å². The van der Waals surface area contributed by atoms with Gasteiger partial charge in [-0.1, -0.05) is 42.5 Å². The third-order valence-electron chi connectivity index (χ3n) is 3.41. The molecule has 0 aliphatic heterocycles. The van der Waals surface area contributed by atoms with Gasteiger partial charge in [0.2, 0.25) is 0 Å². The zero-order valence-corrected chi connectivity index (χ0v) is 12.3. The van der Waals surface area contributed by atoms with Gasteiger partial charge in [0.25, 0.3) is 5.56 Å². The molecule has 0 aliphatic carbocycles. The standard InChI is InChI=1S/C17H16N4O2/c18-15(16-17(22)19-11-20-21-16)13-7-4-8-14(9-13)23-10-12-5-2-1-3-6-12/h1-9,11,15H,10,18H2,(H,19,20,22). The largest absolute Gasteiger partial charge is 0.489 e. The van der Waals surface area contributed by atoms with Crippen LogP contribution in [0.4, 0.5) is 0 Å². The lowest BCUT2D eigenvalue weighted by Crippen LogP contribution is -2.25. The van der Waals surface area contributed by atoms with E-state index in [4.69, 9.17) is 10.5 Å². The quantitative estimate of drug-likeness (QED) is 0.749. The average Bonchev–Trinajstić information content (AvgIpc) is 2.61. The van der Waals surface area contributed by atoms with E-state index in [1.165, 1.54) is 6.33 Å². The van der Waals surface area contributed by atoms with Gasteiger partial charge in [0.05, 0.1) is 6.04 Å². The Kier molecular flexibility index (Phi) is 4.44. The maximum Gasteiger partial charge on any atom is 0.274 e. The maximum atomic E-state index is 11.8. The highest BCUT2D eigenvalue weighted by Gasteiger charge is 2.15. The van der Waals surface area contributed by atoms with Gasteiger partial charge >= 0.3 is 0 Å². The summed E-state index contributed by atoms with van der Waals surface area (Å²) in [5.74, 6) is 0.683. The van der Waals surface area contributed by atoms with Crippen molar-refractivity contribution in [2.24, 2.45) is 5.73 Å². The number of hydrogen-bond acceptors (Lipinski definition) is 5. The summed E-state index contributed by atoms with van der Waals surface area (Å²) in [7, 11) is 0. The molecule has 0 bridgehead atoms. The Bertz CT molecular complexity index is 833. The number of hydrogen-bond donors (Lipinski definition) is 2. The predicted octanol–water partition coefficient (Wildman–Crippen LogP) is 1.79. The topological polar surface area (TPSA) is 93.9 Å². The number of nitrogens with zero attached hydrogens (tertiary/aromatic N) is 2. The van der Waals surface area contributed by atoms with Crippen LogP contribution in [0.5, 0.6) is 5.75 Å². The Balaban J connectivity index is 1.77. The maximum absolute atomic E-state index is 11.8. The molecule has 6 heteroatoms. The van der Waals surface area contributed by atoms with Crippen molar-refractivity contribution in [1.29, 1.82) is 0 Å². The van der Waals surface area contributed by atoms with Crippen molar-refractivity contribution in [3.05, 3.63) is 88.1 Å². The molecule has 116 valence electrons. The summed E-state index contributed by atoms with van der Waals surface area (Å²) in [6, 6.07) is 16.5. The van der Waals surface area contributed by atoms with E-state index in [-0.39, 0.29) is 11.3 Å². The molecule has 0 saturated carbocycles. The van der Waals surface area contributed by atoms with Gasteiger partial charge in [-0.2, -0.15) is 0 Å². The van der Waals surface area contributed by atoms with Crippen LogP contribution in [-0.4, -0.2) is 15.2 Å². The van der Waals surface area contributed by atoms with Gasteiger partial charge in [-0.25, -0.2) is 0 Å². The van der Waals surface area contributed by atoms with Gasteiger partial charge in [0.1, 0.15) is 24.4 Å². The van der Waals surface area contributed by atoms with Crippen LogP contribution in [0, 0.1) is 0 Å². The molecule has 1 unspecified atom stereocenters. The molecule has 23 heavy (non-hydrogen) atoms. The monoisotopic (exact) mass is 308 g/mol. The van der Waals surface area contributed by atoms with Crippen LogP contribution < -0.4 is 16.0 Å². The van der Waals surface area contributed by atoms with E-state index in [0.29, 0.717) is 12.4 Å². The minimum atomic E-state index is -0.660. The van der Waals surface area contributed by atoms with E-state index >= 15 is 0 Å². The molecule has 3 aromatic rings. The predicted molar refractivity (Wildman–Crippen MR) is 85.9 cm³/mol. The highest BCUT2D eigenvalue weighted by molar-refractivity contribution is 5.34. The van der Waals surface area contributed by atoms with E-state index in [2.05, 4.69) is 15.2 Å². The molecule has 6 nitrogen and oxygen atoms in total. The number of nitrogens with one attached hydrogen (secondary N) is 1. The molecule has 1 aromatic heterocycles. The zero-order valence-electron chi connectivity index (χ0n) is 12.3. The van der Waals surface area contributed by atoms with Crippen LogP contribution in [0.25, 0.3) is 0 Å². The highest BCUT2D eigenvalue weighted by atomic mass is 16.5. The summed E-state index contributed by atoms with van der Waals surface area (Å²) in [6.45, 7) is 0.464. The first-order valence-electron chi connectivity index (χ1n) is 7.16. The number of nitrogens with two attached hydrogens (primary N) is 1. The minimum Gasteiger partial charge on any atom is -0.489 e. The Hall–Kier alpha value is -2.99. The molecule has 0 saturated heterocycles. The third kappa shape index (κ3) is 3.61. The summed E-state index contributed by atoms with van der Waals surface area (Å²) in [5, 5.41) is 7.49. The first-order chi connectivity index (χ1) is 11.2. The van der Waals surface area contributed by atoms with Crippen molar-refractivity contribution < 1.29 is 4.74 Å². The highest BCUT2D eigenvalue weighted by Crippen LogP contribution is 2.21. The lowest BCUT2D eigenvalue weighted by atomic mass is 10.0. The van der Waals surface area contributed by atoms with Crippen LogP contribution in [0.1, 0.15) is 22.9 Å². The SMILES string of the molecule is NC(c1cccc(OCc2ccccc2)c1)c1nnc[nH]c1=O. The summed E-state index contributed by atoms with van der Waals surface area (Å²) in [4.78, 5) is 14.2. The number of aromatic amines is 1. The lowest BCUT2D eigenvalue weighted by molar-refractivity contribution is 0.306. The van der Waals surface area contributed by atoms with Gasteiger partial charge in [0.15, 0.2) is 0 Å². The second kappa shape index (κ2) is 6.85. The molecule has 2 aromatic carbocycles. The van der Waals surface area contributed by atoms with Crippen LogP contribution in [0.2, 0.25) is 0 Å².